The minimum atomic E-state index is -5.77. The van der Waals surface area contributed by atoms with Crippen LogP contribution in [0.5, 0.6) is 11.5 Å². The molecule has 5 rings (SSSR count). The molecule has 0 saturated heterocycles. The van der Waals surface area contributed by atoms with Crippen LogP contribution < -0.4 is 20.4 Å². The summed E-state index contributed by atoms with van der Waals surface area (Å²) in [6.07, 6.45) is -2.83. The summed E-state index contributed by atoms with van der Waals surface area (Å²) in [5.74, 6) is -6.48. The number of ketones is 2. The third-order valence-corrected chi connectivity index (χ3v) is 10.7. The van der Waals surface area contributed by atoms with Crippen molar-refractivity contribution in [1.29, 1.82) is 0 Å². The van der Waals surface area contributed by atoms with Gasteiger partial charge in [0, 0.05) is 32.1 Å². The molecule has 1 amide bonds. The van der Waals surface area contributed by atoms with E-state index in [0.29, 0.717) is 56.6 Å². The maximum atomic E-state index is 13.4. The molecular weight excluding hydrogens is 769 g/mol. The highest BCUT2D eigenvalue weighted by atomic mass is 32.1. The molecule has 1 aliphatic carbocycles. The molecule has 0 aliphatic heterocycles. The minimum absolute atomic E-state index is 0.0791. The van der Waals surface area contributed by atoms with Crippen LogP contribution in [0, 0.1) is 0 Å². The number of H-pyrrole nitrogens is 2. The molecular formula is C34H39F6N5O7S2. The van der Waals surface area contributed by atoms with Gasteiger partial charge in [-0.05, 0) is 62.0 Å². The first-order valence-corrected chi connectivity index (χ1v) is 18.7. The van der Waals surface area contributed by atoms with Gasteiger partial charge in [-0.15, -0.1) is 0 Å². The third kappa shape index (κ3) is 11.6. The van der Waals surface area contributed by atoms with Gasteiger partial charge in [0.15, 0.2) is 0 Å². The quantitative estimate of drug-likeness (QED) is 0.0439. The number of thiazole rings is 2. The second kappa shape index (κ2) is 18.9. The minimum Gasteiger partial charge on any atom is -0.506 e. The van der Waals surface area contributed by atoms with E-state index in [-0.39, 0.29) is 33.2 Å². The Labute approximate surface area is 311 Å². The van der Waals surface area contributed by atoms with Crippen LogP contribution in [-0.2, 0) is 27.2 Å². The Kier molecular flexibility index (Phi) is 14.8. The first kappa shape index (κ1) is 42.5. The topological polar surface area (TPSA) is 185 Å². The SMILES string of the molecule is O=C(C(=O)C(F)(F)F)C(F)(F)F.O=C(CCNCCc1ccc(O)c2[nH]c(=O)sc12)N(CCNCCc1ccc(O)c2[nH]c(=O)sc12)C1CCCCCC1. The van der Waals surface area contributed by atoms with E-state index in [2.05, 4.69) is 25.5 Å². The highest BCUT2D eigenvalue weighted by Gasteiger charge is 2.54. The normalized spacial score (nSPS) is 14.1. The summed E-state index contributed by atoms with van der Waals surface area (Å²) in [6.45, 7) is 3.31. The van der Waals surface area contributed by atoms with Crippen molar-refractivity contribution < 1.29 is 50.9 Å². The molecule has 0 spiro atoms. The lowest BCUT2D eigenvalue weighted by Gasteiger charge is -2.32. The Balaban J connectivity index is 0.000000467. The molecule has 1 aliphatic rings. The van der Waals surface area contributed by atoms with Gasteiger partial charge in [0.05, 0.1) is 9.40 Å². The maximum Gasteiger partial charge on any atom is 0.458 e. The highest BCUT2D eigenvalue weighted by molar-refractivity contribution is 7.17. The summed E-state index contributed by atoms with van der Waals surface area (Å²) in [7, 11) is 0. The number of aromatic nitrogens is 2. The fourth-order valence-corrected chi connectivity index (χ4v) is 7.91. The van der Waals surface area contributed by atoms with Gasteiger partial charge in [-0.25, -0.2) is 0 Å². The number of fused-ring (bicyclic) bond motifs is 2. The van der Waals surface area contributed by atoms with Crippen LogP contribution >= 0.6 is 22.7 Å². The standard InChI is InChI=1S/C30H39N5O5S2.C4F6O2/c36-22-9-7-19(27-25(22)33-29(39)41-27)11-14-31-16-13-24(38)35(21-5-3-1-2-4-6-21)18-17-32-15-12-20-8-10-23(37)26-28(20)42-30(40)34-26;5-3(6,7)1(11)2(12)4(8,9)10/h7-10,21,31-32,36-37H,1-6,11-18H2,(H,33,39)(H,34,40);. The fraction of sp³-hybridized carbons (Fsp3) is 0.500. The van der Waals surface area contributed by atoms with E-state index in [9.17, 15) is 60.5 Å². The summed E-state index contributed by atoms with van der Waals surface area (Å²) >= 11 is 2.22. The van der Waals surface area contributed by atoms with Crippen molar-refractivity contribution in [3.05, 3.63) is 54.7 Å². The monoisotopic (exact) mass is 807 g/mol. The lowest BCUT2D eigenvalue weighted by molar-refractivity contribution is -0.193. The van der Waals surface area contributed by atoms with Crippen LogP contribution in [-0.4, -0.2) is 93.7 Å². The van der Waals surface area contributed by atoms with Crippen LogP contribution in [0.3, 0.4) is 0 Å². The zero-order chi connectivity index (χ0) is 39.6. The number of Topliss-reactive ketones (excluding diaryl/α,β-unsaturated/α-hetero) is 2. The van der Waals surface area contributed by atoms with Crippen molar-refractivity contribution in [2.45, 2.75) is 76.2 Å². The molecule has 2 heterocycles. The Bertz CT molecular complexity index is 2010. The maximum absolute atomic E-state index is 13.4. The average Bonchev–Trinajstić information content (AvgIpc) is 3.60. The van der Waals surface area contributed by atoms with E-state index in [1.807, 2.05) is 12.1 Å². The van der Waals surface area contributed by atoms with Crippen LogP contribution in [0.25, 0.3) is 20.4 Å². The summed E-state index contributed by atoms with van der Waals surface area (Å²) < 4.78 is 68.5. The lowest BCUT2D eigenvalue weighted by atomic mass is 10.1. The van der Waals surface area contributed by atoms with E-state index in [1.165, 1.54) is 12.8 Å². The molecule has 54 heavy (non-hydrogen) atoms. The number of carbonyl (C=O) groups excluding carboxylic acids is 3. The van der Waals surface area contributed by atoms with Gasteiger partial charge in [-0.1, -0.05) is 60.5 Å². The Hall–Kier alpha value is -4.27. The number of rotatable bonds is 14. The van der Waals surface area contributed by atoms with E-state index in [1.54, 1.807) is 12.1 Å². The van der Waals surface area contributed by atoms with Crippen LogP contribution in [0.2, 0.25) is 0 Å². The van der Waals surface area contributed by atoms with Gasteiger partial charge in [0.25, 0.3) is 0 Å². The molecule has 1 saturated carbocycles. The van der Waals surface area contributed by atoms with Gasteiger partial charge >= 0.3 is 33.7 Å². The summed E-state index contributed by atoms with van der Waals surface area (Å²) in [5.41, 5.74) is 3.00. The molecule has 2 aromatic heterocycles. The molecule has 0 unspecified atom stereocenters. The van der Waals surface area contributed by atoms with Crippen molar-refractivity contribution in [3.8, 4) is 11.5 Å². The number of hydrogen-bond acceptors (Lipinski definition) is 11. The molecule has 0 bridgehead atoms. The van der Waals surface area contributed by atoms with Gasteiger partial charge in [-0.2, -0.15) is 26.3 Å². The van der Waals surface area contributed by atoms with Gasteiger partial charge in [0.2, 0.25) is 5.91 Å². The number of nitrogens with zero attached hydrogens (tertiary/aromatic N) is 1. The molecule has 6 N–H and O–H groups in total. The van der Waals surface area contributed by atoms with Crippen molar-refractivity contribution in [2.75, 3.05) is 32.7 Å². The number of benzene rings is 2. The summed E-state index contributed by atoms with van der Waals surface area (Å²) in [5, 5.41) is 26.9. The highest BCUT2D eigenvalue weighted by Crippen LogP contribution is 2.29. The second-order valence-electron chi connectivity index (χ2n) is 12.6. The van der Waals surface area contributed by atoms with Crippen molar-refractivity contribution in [1.82, 2.24) is 25.5 Å². The third-order valence-electron chi connectivity index (χ3n) is 8.77. The lowest BCUT2D eigenvalue weighted by Crippen LogP contribution is -2.45. The smallest absolute Gasteiger partial charge is 0.458 e. The first-order valence-electron chi connectivity index (χ1n) is 17.1. The Morgan fingerprint density at radius 2 is 1.15 bits per heavy atom. The average molecular weight is 808 g/mol. The van der Waals surface area contributed by atoms with E-state index in [4.69, 9.17) is 0 Å². The Morgan fingerprint density at radius 1 is 0.704 bits per heavy atom. The van der Waals surface area contributed by atoms with E-state index < -0.39 is 23.9 Å². The van der Waals surface area contributed by atoms with Crippen molar-refractivity contribution in [3.63, 3.8) is 0 Å². The number of halogens is 6. The molecule has 0 atom stereocenters. The van der Waals surface area contributed by atoms with Gasteiger partial charge in [-0.3, -0.25) is 24.0 Å². The van der Waals surface area contributed by atoms with E-state index in [0.717, 1.165) is 75.3 Å². The molecule has 296 valence electrons. The number of phenolic OH excluding ortho intramolecular Hbond substituents is 2. The number of nitrogens with one attached hydrogen (secondary N) is 4. The predicted molar refractivity (Wildman–Crippen MR) is 191 cm³/mol. The Morgan fingerprint density at radius 3 is 1.59 bits per heavy atom. The molecule has 1 fully saturated rings. The fourth-order valence-electron chi connectivity index (χ4n) is 6.11. The van der Waals surface area contributed by atoms with Crippen LogP contribution in [0.4, 0.5) is 26.3 Å². The zero-order valence-electron chi connectivity index (χ0n) is 28.8. The molecule has 20 heteroatoms. The number of alkyl halides is 6. The molecule has 12 nitrogen and oxygen atoms in total. The molecule has 2 aromatic carbocycles. The van der Waals surface area contributed by atoms with Gasteiger partial charge in [0.1, 0.15) is 22.5 Å². The van der Waals surface area contributed by atoms with E-state index >= 15 is 0 Å². The number of carbonyl (C=O) groups is 3. The molecule has 0 radical (unpaired) electrons. The summed E-state index contributed by atoms with van der Waals surface area (Å²) in [6, 6.07) is 7.21. The first-order chi connectivity index (χ1) is 25.5. The zero-order valence-corrected chi connectivity index (χ0v) is 30.4. The summed E-state index contributed by atoms with van der Waals surface area (Å²) in [4.78, 5) is 63.3. The van der Waals surface area contributed by atoms with Crippen LogP contribution in [0.1, 0.15) is 56.1 Å². The predicted octanol–water partition coefficient (Wildman–Crippen LogP) is 5.06. The van der Waals surface area contributed by atoms with Crippen LogP contribution in [0.15, 0.2) is 33.9 Å². The number of aromatic hydroxyl groups is 2. The van der Waals surface area contributed by atoms with Gasteiger partial charge < -0.3 is 35.7 Å². The second-order valence-corrected chi connectivity index (χ2v) is 14.5. The number of amides is 1. The van der Waals surface area contributed by atoms with Crippen molar-refractivity contribution >= 4 is 60.6 Å². The number of phenols is 2. The number of hydrogen-bond donors (Lipinski definition) is 6. The largest absolute Gasteiger partial charge is 0.506 e. The van der Waals surface area contributed by atoms with Crippen molar-refractivity contribution in [2.24, 2.45) is 0 Å². The molecule has 4 aromatic rings. The number of aromatic amines is 2.